The molecule has 0 saturated carbocycles. The van der Waals surface area contributed by atoms with Gasteiger partial charge in [0.15, 0.2) is 0 Å². The van der Waals surface area contributed by atoms with E-state index in [-0.39, 0.29) is 0 Å². The van der Waals surface area contributed by atoms with Crippen LogP contribution in [0.2, 0.25) is 0 Å². The van der Waals surface area contributed by atoms with Crippen LogP contribution in [0.3, 0.4) is 0 Å². The third-order valence-electron chi connectivity index (χ3n) is 5.96. The molecular formula is C28H26N4. The number of rotatable bonds is 5. The number of aromatic amines is 2. The average molecular weight is 419 g/mol. The van der Waals surface area contributed by atoms with E-state index in [1.165, 1.54) is 22.3 Å². The Labute approximate surface area is 188 Å². The van der Waals surface area contributed by atoms with Gasteiger partial charge in [-0.25, -0.2) is 9.97 Å². The highest BCUT2D eigenvalue weighted by atomic mass is 14.9. The summed E-state index contributed by atoms with van der Waals surface area (Å²) in [6, 6.07) is 15.3. The first-order chi connectivity index (χ1) is 15.7. The number of H-pyrrole nitrogens is 2. The predicted molar refractivity (Wildman–Crippen MR) is 131 cm³/mol. The zero-order valence-electron chi connectivity index (χ0n) is 18.5. The molecular weight excluding hydrogens is 392 g/mol. The van der Waals surface area contributed by atoms with Crippen LogP contribution in [0.15, 0.2) is 54.9 Å². The van der Waals surface area contributed by atoms with Gasteiger partial charge in [0.2, 0.25) is 0 Å². The van der Waals surface area contributed by atoms with Crippen molar-refractivity contribution in [2.24, 2.45) is 0 Å². The van der Waals surface area contributed by atoms with Crippen molar-refractivity contribution < 1.29 is 0 Å². The third kappa shape index (κ3) is 4.02. The fraction of sp³-hybridized carbons (Fsp3) is 0.214. The van der Waals surface area contributed by atoms with Gasteiger partial charge in [0.1, 0.15) is 11.6 Å². The summed E-state index contributed by atoms with van der Waals surface area (Å²) >= 11 is 0. The SMILES string of the molecule is CCc1ncc(-c2ccc(/C3=C/c4ccc(-c5cnc(CC)[nH]5)cc4CC#CC3)cc2)[nH]1. The molecule has 1 aliphatic carbocycles. The van der Waals surface area contributed by atoms with Gasteiger partial charge in [0, 0.05) is 25.7 Å². The van der Waals surface area contributed by atoms with Crippen molar-refractivity contribution in [2.45, 2.75) is 39.5 Å². The average Bonchev–Trinajstić information content (AvgIpc) is 3.49. The Morgan fingerprint density at radius 3 is 2.00 bits per heavy atom. The minimum atomic E-state index is 0.755. The molecule has 0 bridgehead atoms. The van der Waals surface area contributed by atoms with E-state index in [0.29, 0.717) is 0 Å². The molecule has 4 heteroatoms. The summed E-state index contributed by atoms with van der Waals surface area (Å²) in [5.74, 6) is 8.73. The van der Waals surface area contributed by atoms with Crippen molar-refractivity contribution in [3.05, 3.63) is 83.2 Å². The van der Waals surface area contributed by atoms with Crippen molar-refractivity contribution in [2.75, 3.05) is 0 Å². The molecule has 0 fully saturated rings. The molecule has 4 aromatic rings. The van der Waals surface area contributed by atoms with Crippen molar-refractivity contribution in [1.82, 2.24) is 19.9 Å². The number of aryl methyl sites for hydroxylation is 2. The molecule has 0 saturated heterocycles. The molecule has 2 heterocycles. The molecule has 32 heavy (non-hydrogen) atoms. The van der Waals surface area contributed by atoms with Gasteiger partial charge >= 0.3 is 0 Å². The Kier molecular flexibility index (Phi) is 5.47. The van der Waals surface area contributed by atoms with Crippen molar-refractivity contribution in [3.8, 4) is 34.4 Å². The molecule has 4 nitrogen and oxygen atoms in total. The van der Waals surface area contributed by atoms with Gasteiger partial charge in [-0.3, -0.25) is 0 Å². The lowest BCUT2D eigenvalue weighted by atomic mass is 9.93. The van der Waals surface area contributed by atoms with Crippen LogP contribution in [0.5, 0.6) is 0 Å². The number of hydrogen-bond acceptors (Lipinski definition) is 2. The second-order valence-corrected chi connectivity index (χ2v) is 8.06. The summed E-state index contributed by atoms with van der Waals surface area (Å²) in [6.45, 7) is 4.21. The van der Waals surface area contributed by atoms with Crippen LogP contribution in [0.1, 0.15) is 48.6 Å². The van der Waals surface area contributed by atoms with E-state index in [1.807, 2.05) is 12.4 Å². The topological polar surface area (TPSA) is 57.4 Å². The molecule has 0 spiro atoms. The van der Waals surface area contributed by atoms with Crippen LogP contribution in [0, 0.1) is 11.8 Å². The zero-order chi connectivity index (χ0) is 21.9. The second kappa shape index (κ2) is 8.72. The fourth-order valence-electron chi connectivity index (χ4n) is 4.05. The molecule has 2 N–H and O–H groups in total. The van der Waals surface area contributed by atoms with Crippen molar-refractivity contribution in [1.29, 1.82) is 0 Å². The zero-order valence-corrected chi connectivity index (χ0v) is 18.5. The maximum atomic E-state index is 4.44. The van der Waals surface area contributed by atoms with Crippen LogP contribution >= 0.6 is 0 Å². The number of fused-ring (bicyclic) bond motifs is 1. The van der Waals surface area contributed by atoms with E-state index in [1.54, 1.807) is 0 Å². The van der Waals surface area contributed by atoms with Crippen molar-refractivity contribution >= 4 is 11.6 Å². The van der Waals surface area contributed by atoms with Crippen LogP contribution < -0.4 is 0 Å². The fourth-order valence-corrected chi connectivity index (χ4v) is 4.05. The number of allylic oxidation sites excluding steroid dienone is 1. The molecule has 0 atom stereocenters. The van der Waals surface area contributed by atoms with E-state index < -0.39 is 0 Å². The van der Waals surface area contributed by atoms with Gasteiger partial charge in [-0.15, -0.1) is 0 Å². The maximum Gasteiger partial charge on any atom is 0.106 e. The highest BCUT2D eigenvalue weighted by molar-refractivity contribution is 5.85. The summed E-state index contributed by atoms with van der Waals surface area (Å²) < 4.78 is 0. The molecule has 2 aromatic heterocycles. The maximum absolute atomic E-state index is 4.44. The number of imidazole rings is 2. The normalized spacial score (nSPS) is 14.5. The number of aromatic nitrogens is 4. The Bertz CT molecular complexity index is 1340. The van der Waals surface area contributed by atoms with Gasteiger partial charge in [-0.1, -0.05) is 62.1 Å². The molecule has 158 valence electrons. The lowest BCUT2D eigenvalue weighted by Gasteiger charge is -2.12. The van der Waals surface area contributed by atoms with Gasteiger partial charge < -0.3 is 9.97 Å². The molecule has 0 radical (unpaired) electrons. The summed E-state index contributed by atoms with van der Waals surface area (Å²) in [5, 5.41) is 0. The van der Waals surface area contributed by atoms with Crippen LogP contribution in [-0.2, 0) is 19.3 Å². The number of nitrogens with one attached hydrogen (secondary N) is 2. The van der Waals surface area contributed by atoms with Gasteiger partial charge in [-0.05, 0) is 45.5 Å². The van der Waals surface area contributed by atoms with Gasteiger partial charge in [0.05, 0.1) is 23.8 Å². The first kappa shape index (κ1) is 20.1. The molecule has 0 unspecified atom stereocenters. The lowest BCUT2D eigenvalue weighted by Crippen LogP contribution is -1.94. The lowest BCUT2D eigenvalue weighted by molar-refractivity contribution is 0.990. The van der Waals surface area contributed by atoms with E-state index in [4.69, 9.17) is 0 Å². The van der Waals surface area contributed by atoms with Gasteiger partial charge in [-0.2, -0.15) is 0 Å². The highest BCUT2D eigenvalue weighted by Gasteiger charge is 2.10. The summed E-state index contributed by atoms with van der Waals surface area (Å²) in [5.41, 5.74) is 9.35. The van der Waals surface area contributed by atoms with Gasteiger partial charge in [0.25, 0.3) is 0 Å². The van der Waals surface area contributed by atoms with E-state index in [9.17, 15) is 0 Å². The standard InChI is InChI=1S/C28H26N4/c1-3-27-29-17-25(31-27)20-11-9-19(10-12-20)21-7-5-6-8-22-16-24(14-13-23(22)15-21)26-18-30-28(4-2)32-26/h9-18H,3-4,7-8H2,1-2H3,(H,29,31)(H,30,32)/b21-15+. The largest absolute Gasteiger partial charge is 0.342 e. The molecule has 0 aliphatic heterocycles. The molecule has 5 rings (SSSR count). The first-order valence-electron chi connectivity index (χ1n) is 11.2. The monoisotopic (exact) mass is 418 g/mol. The summed E-state index contributed by atoms with van der Waals surface area (Å²) in [7, 11) is 0. The number of hydrogen-bond donors (Lipinski definition) is 2. The Morgan fingerprint density at radius 2 is 1.34 bits per heavy atom. The molecule has 0 amide bonds. The van der Waals surface area contributed by atoms with Crippen LogP contribution in [0.4, 0.5) is 0 Å². The van der Waals surface area contributed by atoms with E-state index in [0.717, 1.165) is 59.8 Å². The van der Waals surface area contributed by atoms with Crippen molar-refractivity contribution in [3.63, 3.8) is 0 Å². The minimum Gasteiger partial charge on any atom is -0.342 e. The Morgan fingerprint density at radius 1 is 0.750 bits per heavy atom. The number of nitrogens with zero attached hydrogens (tertiary/aromatic N) is 2. The molecule has 1 aliphatic rings. The Balaban J connectivity index is 1.45. The molecule has 2 aromatic carbocycles. The van der Waals surface area contributed by atoms with E-state index in [2.05, 4.69) is 94.2 Å². The predicted octanol–water partition coefficient (Wildman–Crippen LogP) is 6.08. The van der Waals surface area contributed by atoms with E-state index >= 15 is 0 Å². The van der Waals surface area contributed by atoms with Crippen LogP contribution in [-0.4, -0.2) is 19.9 Å². The summed E-state index contributed by atoms with van der Waals surface area (Å²) in [6.07, 6.45) is 9.45. The first-order valence-corrected chi connectivity index (χ1v) is 11.2. The second-order valence-electron chi connectivity index (χ2n) is 8.06. The summed E-state index contributed by atoms with van der Waals surface area (Å²) in [4.78, 5) is 15.6. The highest BCUT2D eigenvalue weighted by Crippen LogP contribution is 2.29. The van der Waals surface area contributed by atoms with Crippen LogP contribution in [0.25, 0.3) is 34.2 Å². The Hall–Kier alpha value is -3.84. The quantitative estimate of drug-likeness (QED) is 0.386. The minimum absolute atomic E-state index is 0.755. The third-order valence-corrected chi connectivity index (χ3v) is 5.96. The number of benzene rings is 2. The smallest absolute Gasteiger partial charge is 0.106 e.